The first kappa shape index (κ1) is 23.6. The highest BCUT2D eigenvalue weighted by molar-refractivity contribution is 8.00. The number of para-hydroxylation sites is 1. The largest absolute Gasteiger partial charge is 0.467 e. The summed E-state index contributed by atoms with van der Waals surface area (Å²) in [7, 11) is 0. The van der Waals surface area contributed by atoms with Crippen molar-refractivity contribution in [2.24, 2.45) is 0 Å². The summed E-state index contributed by atoms with van der Waals surface area (Å²) in [4.78, 5) is 41.7. The Balaban J connectivity index is 1.48. The molecular weight excluding hydrogens is 450 g/mol. The topological polar surface area (TPSA) is 82.9 Å². The number of amides is 3. The number of anilines is 1. The molecule has 3 amide bonds. The number of hydrogen-bond acceptors (Lipinski definition) is 5. The van der Waals surface area contributed by atoms with Crippen molar-refractivity contribution in [2.75, 3.05) is 24.2 Å². The Morgan fingerprint density at radius 3 is 2.47 bits per heavy atom. The van der Waals surface area contributed by atoms with Crippen LogP contribution in [-0.4, -0.2) is 46.4 Å². The summed E-state index contributed by atoms with van der Waals surface area (Å²) in [6, 6.07) is 17.9. The minimum atomic E-state index is -0.297. The van der Waals surface area contributed by atoms with Gasteiger partial charge >= 0.3 is 0 Å². The number of thioether (sulfide) groups is 1. The van der Waals surface area contributed by atoms with Gasteiger partial charge < -0.3 is 19.5 Å². The van der Waals surface area contributed by atoms with E-state index in [2.05, 4.69) is 5.32 Å². The Morgan fingerprint density at radius 1 is 1.06 bits per heavy atom. The molecule has 2 aromatic carbocycles. The molecule has 0 saturated carbocycles. The van der Waals surface area contributed by atoms with Crippen molar-refractivity contribution < 1.29 is 18.8 Å². The van der Waals surface area contributed by atoms with Gasteiger partial charge in [0.05, 0.1) is 29.8 Å². The lowest BCUT2D eigenvalue weighted by molar-refractivity contribution is -0.128. The molecule has 1 atom stereocenters. The SMILES string of the molecule is CCN(CC)C(=O)c1ccccc1NC(=O)c1ccc([C@H]2SCC(=O)N2Cc2ccco2)cc1. The van der Waals surface area contributed by atoms with Gasteiger partial charge in [-0.05, 0) is 55.8 Å². The summed E-state index contributed by atoms with van der Waals surface area (Å²) in [6.07, 6.45) is 1.60. The second-order valence-corrected chi connectivity index (χ2v) is 8.93. The third-order valence-corrected chi connectivity index (χ3v) is 7.04. The molecule has 0 unspecified atom stereocenters. The quantitative estimate of drug-likeness (QED) is 0.505. The van der Waals surface area contributed by atoms with Crippen LogP contribution in [0.1, 0.15) is 51.3 Å². The van der Waals surface area contributed by atoms with Crippen molar-refractivity contribution in [1.29, 1.82) is 0 Å². The van der Waals surface area contributed by atoms with Crippen molar-refractivity contribution in [1.82, 2.24) is 9.80 Å². The van der Waals surface area contributed by atoms with Gasteiger partial charge in [-0.15, -0.1) is 11.8 Å². The van der Waals surface area contributed by atoms with E-state index < -0.39 is 0 Å². The van der Waals surface area contributed by atoms with Gasteiger partial charge in [0.25, 0.3) is 11.8 Å². The number of carbonyl (C=O) groups excluding carboxylic acids is 3. The first-order chi connectivity index (χ1) is 16.5. The van der Waals surface area contributed by atoms with Gasteiger partial charge in [-0.25, -0.2) is 0 Å². The maximum Gasteiger partial charge on any atom is 0.255 e. The van der Waals surface area contributed by atoms with Crippen LogP contribution in [0.5, 0.6) is 0 Å². The van der Waals surface area contributed by atoms with Crippen molar-refractivity contribution in [3.05, 3.63) is 89.4 Å². The van der Waals surface area contributed by atoms with E-state index in [1.165, 1.54) is 0 Å². The van der Waals surface area contributed by atoms with Crippen LogP contribution in [0.3, 0.4) is 0 Å². The molecule has 0 aliphatic carbocycles. The van der Waals surface area contributed by atoms with E-state index in [1.54, 1.807) is 70.3 Å². The third kappa shape index (κ3) is 5.02. The molecule has 0 radical (unpaired) electrons. The summed E-state index contributed by atoms with van der Waals surface area (Å²) >= 11 is 1.55. The van der Waals surface area contributed by atoms with Crippen molar-refractivity contribution in [3.8, 4) is 0 Å². The van der Waals surface area contributed by atoms with Crippen molar-refractivity contribution >= 4 is 35.2 Å². The molecule has 7 nitrogen and oxygen atoms in total. The van der Waals surface area contributed by atoms with E-state index in [0.717, 1.165) is 11.3 Å². The molecule has 2 heterocycles. The molecule has 1 aliphatic heterocycles. The lowest BCUT2D eigenvalue weighted by Gasteiger charge is -2.23. The summed E-state index contributed by atoms with van der Waals surface area (Å²) in [5.74, 6) is 0.785. The first-order valence-corrected chi connectivity index (χ1v) is 12.3. The monoisotopic (exact) mass is 477 g/mol. The number of hydrogen-bond donors (Lipinski definition) is 1. The lowest BCUT2D eigenvalue weighted by Crippen LogP contribution is -2.31. The maximum absolute atomic E-state index is 12.9. The molecule has 1 N–H and O–H groups in total. The van der Waals surface area contributed by atoms with E-state index in [0.29, 0.717) is 42.2 Å². The predicted octanol–water partition coefficient (Wildman–Crippen LogP) is 4.79. The first-order valence-electron chi connectivity index (χ1n) is 11.2. The molecule has 4 rings (SSSR count). The van der Waals surface area contributed by atoms with Gasteiger partial charge in [0.2, 0.25) is 5.91 Å². The molecule has 1 aliphatic rings. The minimum Gasteiger partial charge on any atom is -0.467 e. The predicted molar refractivity (Wildman–Crippen MR) is 133 cm³/mol. The summed E-state index contributed by atoms with van der Waals surface area (Å²) in [6.45, 7) is 5.45. The molecule has 8 heteroatoms. The molecule has 34 heavy (non-hydrogen) atoms. The number of nitrogens with zero attached hydrogens (tertiary/aromatic N) is 2. The molecule has 1 aromatic heterocycles. The molecule has 0 bridgehead atoms. The molecule has 1 fully saturated rings. The van der Waals surface area contributed by atoms with Gasteiger partial charge in [0.1, 0.15) is 11.1 Å². The lowest BCUT2D eigenvalue weighted by atomic mass is 10.1. The number of carbonyl (C=O) groups is 3. The van der Waals surface area contributed by atoms with Crippen LogP contribution in [0.15, 0.2) is 71.3 Å². The van der Waals surface area contributed by atoms with Gasteiger partial charge in [-0.3, -0.25) is 14.4 Å². The van der Waals surface area contributed by atoms with E-state index in [4.69, 9.17) is 4.42 Å². The maximum atomic E-state index is 12.9. The summed E-state index contributed by atoms with van der Waals surface area (Å²) < 4.78 is 5.41. The van der Waals surface area contributed by atoms with Crippen LogP contribution < -0.4 is 5.32 Å². The fourth-order valence-electron chi connectivity index (χ4n) is 3.92. The van der Waals surface area contributed by atoms with Gasteiger partial charge in [-0.2, -0.15) is 0 Å². The fraction of sp³-hybridized carbons (Fsp3) is 0.269. The summed E-state index contributed by atoms with van der Waals surface area (Å²) in [5.41, 5.74) is 2.36. The van der Waals surface area contributed by atoms with Crippen LogP contribution >= 0.6 is 11.8 Å². The normalized spacial score (nSPS) is 15.4. The average Bonchev–Trinajstić information content (AvgIpc) is 3.50. The van der Waals surface area contributed by atoms with Crippen LogP contribution in [-0.2, 0) is 11.3 Å². The highest BCUT2D eigenvalue weighted by Gasteiger charge is 2.33. The van der Waals surface area contributed by atoms with Gasteiger partial charge in [0.15, 0.2) is 0 Å². The summed E-state index contributed by atoms with van der Waals surface area (Å²) in [5, 5.41) is 2.74. The number of benzene rings is 2. The zero-order chi connectivity index (χ0) is 24.1. The molecule has 1 saturated heterocycles. The Morgan fingerprint density at radius 2 is 1.79 bits per heavy atom. The van der Waals surface area contributed by atoms with Crippen molar-refractivity contribution in [3.63, 3.8) is 0 Å². The zero-order valence-electron chi connectivity index (χ0n) is 19.2. The molecule has 3 aromatic rings. The Hall–Kier alpha value is -3.52. The fourth-order valence-corrected chi connectivity index (χ4v) is 5.11. The highest BCUT2D eigenvalue weighted by atomic mass is 32.2. The molecular formula is C26H27N3O4S. The van der Waals surface area contributed by atoms with Crippen molar-refractivity contribution in [2.45, 2.75) is 25.8 Å². The van der Waals surface area contributed by atoms with Crippen LogP contribution in [0.4, 0.5) is 5.69 Å². The Kier molecular flexibility index (Phi) is 7.37. The third-order valence-electron chi connectivity index (χ3n) is 5.79. The van der Waals surface area contributed by atoms with Gasteiger partial charge in [0, 0.05) is 18.7 Å². The second kappa shape index (κ2) is 10.6. The zero-order valence-corrected chi connectivity index (χ0v) is 20.0. The van der Waals surface area contributed by atoms with Crippen LogP contribution in [0, 0.1) is 0 Å². The Bertz CT molecular complexity index is 1160. The van der Waals surface area contributed by atoms with E-state index in [9.17, 15) is 14.4 Å². The smallest absolute Gasteiger partial charge is 0.255 e. The van der Waals surface area contributed by atoms with E-state index in [1.807, 2.05) is 32.0 Å². The molecule has 0 spiro atoms. The number of nitrogens with one attached hydrogen (secondary N) is 1. The van der Waals surface area contributed by atoms with Crippen LogP contribution in [0.25, 0.3) is 0 Å². The van der Waals surface area contributed by atoms with Gasteiger partial charge in [-0.1, -0.05) is 24.3 Å². The Labute approximate surface area is 203 Å². The van der Waals surface area contributed by atoms with E-state index >= 15 is 0 Å². The van der Waals surface area contributed by atoms with Crippen LogP contribution in [0.2, 0.25) is 0 Å². The highest BCUT2D eigenvalue weighted by Crippen LogP contribution is 2.39. The van der Waals surface area contributed by atoms with E-state index in [-0.39, 0.29) is 23.1 Å². The minimum absolute atomic E-state index is 0.0581. The number of furan rings is 1. The number of rotatable bonds is 8. The standard InChI is InChI=1S/C26H27N3O4S/c1-3-28(4-2)25(32)21-9-5-6-10-22(21)27-24(31)18-11-13-19(14-12-18)26-29(23(30)17-34-26)16-20-8-7-15-33-20/h5-15,26H,3-4,16-17H2,1-2H3,(H,27,31)/t26-/m1/s1. The molecule has 176 valence electrons. The second-order valence-electron chi connectivity index (χ2n) is 7.86. The average molecular weight is 478 g/mol.